The average Bonchev–Trinajstić information content (AvgIpc) is 0.796. The Bertz CT molecular complexity index is 6880. The van der Waals surface area contributed by atoms with Crippen molar-refractivity contribution in [3.63, 3.8) is 0 Å². The molecule has 0 bridgehead atoms. The van der Waals surface area contributed by atoms with Gasteiger partial charge >= 0.3 is 0 Å². The van der Waals surface area contributed by atoms with Gasteiger partial charge in [-0.3, -0.25) is 33.6 Å². The highest BCUT2D eigenvalue weighted by molar-refractivity contribution is 6.17. The molecule has 0 aliphatic heterocycles. The number of aromatic hydroxyl groups is 37. The lowest BCUT2D eigenvalue weighted by Gasteiger charge is -2.09. The van der Waals surface area contributed by atoms with Crippen molar-refractivity contribution in [3.8, 4) is 213 Å². The summed E-state index contributed by atoms with van der Waals surface area (Å²) in [6.07, 6.45) is 0. The number of hydrogen-bond acceptors (Lipinski definition) is 44. The molecule has 44 heteroatoms. The van der Waals surface area contributed by atoms with Crippen LogP contribution >= 0.6 is 0 Å². The first-order chi connectivity index (χ1) is 63.3. The molecule has 0 saturated heterocycles. The van der Waals surface area contributed by atoms with E-state index in [2.05, 4.69) is 0 Å². The van der Waals surface area contributed by atoms with Gasteiger partial charge < -0.3 is 189 Å². The van der Waals surface area contributed by atoms with Gasteiger partial charge in [0.15, 0.2) is 190 Å². The topological polar surface area (TPSA) is 868 Å². The van der Waals surface area contributed by atoms with Crippen LogP contribution in [0.5, 0.6) is 213 Å². The van der Waals surface area contributed by atoms with Crippen molar-refractivity contribution in [2.75, 3.05) is 0 Å². The van der Waals surface area contributed by atoms with Crippen molar-refractivity contribution in [2.45, 2.75) is 0 Å². The van der Waals surface area contributed by atoms with Crippen LogP contribution in [0.15, 0.2) is 200 Å². The summed E-state index contributed by atoms with van der Waals surface area (Å²) < 4.78 is 0. The van der Waals surface area contributed by atoms with Gasteiger partial charge in [0.2, 0.25) is 57.6 Å². The summed E-state index contributed by atoms with van der Waals surface area (Å²) >= 11 is 0. The number of hydrogen-bond donors (Lipinski definition) is 37. The maximum absolute atomic E-state index is 12.1. The van der Waals surface area contributed by atoms with Gasteiger partial charge in [0.25, 0.3) is 0 Å². The third-order valence-electron chi connectivity index (χ3n) is 18.5. The molecular formula is C91H70O44. The van der Waals surface area contributed by atoms with E-state index in [1.54, 1.807) is 0 Å². The molecule has 0 saturated carbocycles. The van der Waals surface area contributed by atoms with E-state index in [0.717, 1.165) is 121 Å². The zero-order valence-corrected chi connectivity index (χ0v) is 67.5. The van der Waals surface area contributed by atoms with Gasteiger partial charge in [-0.1, -0.05) is 18.2 Å². The van der Waals surface area contributed by atoms with Crippen LogP contribution in [0.25, 0.3) is 0 Å². The molecule has 14 aromatic carbocycles. The Labute approximate surface area is 750 Å². The van der Waals surface area contributed by atoms with E-state index in [-0.39, 0.29) is 83.8 Å². The Morgan fingerprint density at radius 2 is 0.304 bits per heavy atom. The van der Waals surface area contributed by atoms with Gasteiger partial charge in [-0.05, 0) is 176 Å². The van der Waals surface area contributed by atoms with Crippen molar-refractivity contribution in [3.05, 3.63) is 278 Å². The first-order valence-electron chi connectivity index (χ1n) is 36.8. The van der Waals surface area contributed by atoms with Crippen molar-refractivity contribution in [1.29, 1.82) is 0 Å². The van der Waals surface area contributed by atoms with E-state index in [4.69, 9.17) is 46.0 Å². The highest BCUT2D eigenvalue weighted by Gasteiger charge is 2.30. The van der Waals surface area contributed by atoms with Gasteiger partial charge in [-0.25, -0.2) is 0 Å². The predicted molar refractivity (Wildman–Crippen MR) is 456 cm³/mol. The van der Waals surface area contributed by atoms with Crippen LogP contribution in [0.1, 0.15) is 111 Å². The van der Waals surface area contributed by atoms with Crippen molar-refractivity contribution in [1.82, 2.24) is 0 Å². The van der Waals surface area contributed by atoms with Crippen molar-refractivity contribution in [2.24, 2.45) is 0 Å². The van der Waals surface area contributed by atoms with E-state index in [0.29, 0.717) is 0 Å². The third-order valence-corrected chi connectivity index (χ3v) is 18.5. The molecule has 0 amide bonds. The van der Waals surface area contributed by atoms with Crippen LogP contribution in [0.2, 0.25) is 0 Å². The standard InChI is InChI=1S/3C13H10O7.3C13H10O6.C13H10O5/c14-7-3-1-5(10(17)12(7)19)9(16)6-2-4-8(15)13(20)11(6)18;14-7-2-1-5(12(19)13(7)20)11(18)6-3-9(16)10(17)4-8(6)15;14-7-2-1-5(3-8(7)15)10(17)6-4-9(16)12(19)13(20)11(6)18;14-8-3-1-6(5-10(8)16)11(17)7-2-4-9(15)13(19)12(7)18;14-8-3-1-2-7(12(8)18)11(17)6-4-9(15)13(19)10(16)5-6;14-8-3-1-2-6(11(8)17)10(16)7-4-5-9(15)13(19)12(7)18;14-9-5-4-7(6-11(9)16)12(17)8-2-1-3-10(15)13(8)18/h1-4,14-15,17-20H;1-4,14-17,19-20H;1-4,14-16,18-20H;2*1-5,14-16,18-19H;1-5,14-15,17-19H;1-6,14-16,18H. The molecule has 0 spiro atoms. The molecule has 14 aromatic rings. The quantitative estimate of drug-likeness (QED) is 0.0273. The molecule has 0 aliphatic carbocycles. The van der Waals surface area contributed by atoms with Gasteiger partial charge in [0.05, 0.1) is 55.6 Å². The molecule has 44 nitrogen and oxygen atoms in total. The maximum atomic E-state index is 12.1. The summed E-state index contributed by atoms with van der Waals surface area (Å²) in [4.78, 5) is 84.5. The minimum absolute atomic E-state index is 0.00990. The summed E-state index contributed by atoms with van der Waals surface area (Å²) in [7, 11) is 0. The summed E-state index contributed by atoms with van der Waals surface area (Å²) in [5, 5.41) is 346. The van der Waals surface area contributed by atoms with E-state index in [9.17, 15) is 177 Å². The van der Waals surface area contributed by atoms with E-state index >= 15 is 0 Å². The maximum Gasteiger partial charge on any atom is 0.205 e. The Balaban J connectivity index is 0.000000194. The van der Waals surface area contributed by atoms with Gasteiger partial charge in [-0.15, -0.1) is 0 Å². The van der Waals surface area contributed by atoms with Crippen LogP contribution < -0.4 is 0 Å². The zero-order valence-electron chi connectivity index (χ0n) is 67.5. The second-order valence-corrected chi connectivity index (χ2v) is 27.3. The summed E-state index contributed by atoms with van der Waals surface area (Å²) in [6.45, 7) is 0. The molecule has 0 radical (unpaired) electrons. The van der Waals surface area contributed by atoms with E-state index in [1.807, 2.05) is 0 Å². The Morgan fingerprint density at radius 1 is 0.111 bits per heavy atom. The average molecular weight is 1870 g/mol. The third kappa shape index (κ3) is 21.9. The summed E-state index contributed by atoms with van der Waals surface area (Å²) in [6, 6.07) is 36.5. The summed E-state index contributed by atoms with van der Waals surface area (Å²) in [5.41, 5.74) is -3.22. The number of phenols is 37. The number of carbonyl (C=O) groups is 7. The minimum atomic E-state index is -1.03. The molecule has 0 fully saturated rings. The highest BCUT2D eigenvalue weighted by Crippen LogP contribution is 2.49. The molecule has 698 valence electrons. The van der Waals surface area contributed by atoms with Crippen LogP contribution in [-0.2, 0) is 0 Å². The number of benzene rings is 14. The van der Waals surface area contributed by atoms with Gasteiger partial charge in [0.1, 0.15) is 5.75 Å². The summed E-state index contributed by atoms with van der Waals surface area (Å²) in [5.74, 6) is -30.1. The van der Waals surface area contributed by atoms with E-state index < -0.39 is 247 Å². The fourth-order valence-corrected chi connectivity index (χ4v) is 11.2. The highest BCUT2D eigenvalue weighted by atomic mass is 16.4. The molecule has 0 atom stereocenters. The number of rotatable bonds is 14. The molecule has 0 aromatic heterocycles. The van der Waals surface area contributed by atoms with Crippen molar-refractivity contribution < 1.29 is 223 Å². The largest absolute Gasteiger partial charge is 0.507 e. The van der Waals surface area contributed by atoms with Crippen LogP contribution in [-0.4, -0.2) is 229 Å². The lowest BCUT2D eigenvalue weighted by molar-refractivity contribution is 0.102. The smallest absolute Gasteiger partial charge is 0.205 e. The number of carbonyl (C=O) groups excluding carboxylic acids is 7. The van der Waals surface area contributed by atoms with Gasteiger partial charge in [-0.2, -0.15) is 0 Å². The second-order valence-electron chi connectivity index (χ2n) is 27.3. The molecule has 0 heterocycles. The van der Waals surface area contributed by atoms with Crippen LogP contribution in [0, 0.1) is 0 Å². The molecule has 135 heavy (non-hydrogen) atoms. The normalized spacial score (nSPS) is 10.3. The SMILES string of the molecule is O=C(c1cc(O)c(O)c(O)c1)c1cccc(O)c1O.O=C(c1cc(O)c(O)cc1O)c1ccc(O)c(O)c1O.O=C(c1ccc(O)c(O)c1)c1cc(O)c(O)c(O)c1O.O=C(c1ccc(O)c(O)c1)c1ccc(O)c(O)c1O.O=C(c1ccc(O)c(O)c1)c1cccc(O)c1O.O=C(c1ccc(O)c(O)c1O)c1ccc(O)c(O)c1O.O=C(c1cccc(O)c1O)c1ccc(O)c(O)c1O. The molecular weight excluding hydrogens is 1800 g/mol. The van der Waals surface area contributed by atoms with Crippen LogP contribution in [0.3, 0.4) is 0 Å². The van der Waals surface area contributed by atoms with Crippen molar-refractivity contribution >= 4 is 40.5 Å². The van der Waals surface area contributed by atoms with Gasteiger partial charge in [0, 0.05) is 28.3 Å². The predicted octanol–water partition coefficient (Wildman–Crippen LogP) is 9.53. The first-order valence-corrected chi connectivity index (χ1v) is 36.8. The number of phenolic OH excluding ortho intramolecular Hbond substituents is 37. The zero-order chi connectivity index (χ0) is 101. The van der Waals surface area contributed by atoms with E-state index in [1.165, 1.54) is 78.9 Å². The molecule has 37 N–H and O–H groups in total. The second kappa shape index (κ2) is 41.2. The number of ketones is 7. The molecule has 0 aliphatic rings. The Morgan fingerprint density at radius 3 is 0.600 bits per heavy atom. The monoisotopic (exact) mass is 1870 g/mol. The fourth-order valence-electron chi connectivity index (χ4n) is 11.2. The molecule has 0 unspecified atom stereocenters. The molecule has 14 rings (SSSR count). The Hall–Kier alpha value is -20.6. The Kier molecular flexibility index (Phi) is 30.5. The fraction of sp³-hybridized carbons (Fsp3) is 0. The minimum Gasteiger partial charge on any atom is -0.507 e. The number of para-hydroxylation sites is 3. The lowest BCUT2D eigenvalue weighted by atomic mass is 10.0. The first kappa shape index (κ1) is 99.8. The lowest BCUT2D eigenvalue weighted by Crippen LogP contribution is -2.02. The van der Waals surface area contributed by atoms with Crippen LogP contribution in [0.4, 0.5) is 0 Å².